The SMILES string of the molecule is CCNCc1cn(CC2CN(C)CCO2)c2ccccc12. The van der Waals surface area contributed by atoms with Crippen LogP contribution in [0.4, 0.5) is 0 Å². The van der Waals surface area contributed by atoms with Crippen LogP contribution in [0.2, 0.25) is 0 Å². The van der Waals surface area contributed by atoms with E-state index in [0.717, 1.165) is 39.3 Å². The molecule has 1 unspecified atom stereocenters. The first kappa shape index (κ1) is 14.6. The van der Waals surface area contributed by atoms with Gasteiger partial charge in [0.15, 0.2) is 0 Å². The second-order valence-electron chi connectivity index (χ2n) is 5.86. The van der Waals surface area contributed by atoms with Gasteiger partial charge in [-0.1, -0.05) is 25.1 Å². The number of nitrogens with one attached hydrogen (secondary N) is 1. The average Bonchev–Trinajstić information content (AvgIpc) is 2.84. The molecule has 0 radical (unpaired) electrons. The topological polar surface area (TPSA) is 29.4 Å². The molecule has 1 aromatic heterocycles. The number of morpholine rings is 1. The van der Waals surface area contributed by atoms with E-state index in [-0.39, 0.29) is 6.10 Å². The molecule has 4 nitrogen and oxygen atoms in total. The maximum atomic E-state index is 5.91. The molecule has 1 saturated heterocycles. The van der Waals surface area contributed by atoms with Gasteiger partial charge in [0.05, 0.1) is 19.3 Å². The highest BCUT2D eigenvalue weighted by molar-refractivity contribution is 5.83. The summed E-state index contributed by atoms with van der Waals surface area (Å²) in [7, 11) is 2.17. The van der Waals surface area contributed by atoms with E-state index in [1.54, 1.807) is 0 Å². The van der Waals surface area contributed by atoms with Crippen molar-refractivity contribution < 1.29 is 4.74 Å². The highest BCUT2D eigenvalue weighted by atomic mass is 16.5. The Labute approximate surface area is 126 Å². The molecule has 1 N–H and O–H groups in total. The molecular formula is C17H25N3O. The molecule has 0 spiro atoms. The van der Waals surface area contributed by atoms with E-state index in [1.165, 1.54) is 16.5 Å². The molecule has 0 amide bonds. The molecule has 1 atom stereocenters. The molecule has 2 aromatic rings. The number of rotatable bonds is 5. The number of hydrogen-bond donors (Lipinski definition) is 1. The van der Waals surface area contributed by atoms with Crippen molar-refractivity contribution in [2.75, 3.05) is 33.3 Å². The van der Waals surface area contributed by atoms with Crippen LogP contribution in [0.1, 0.15) is 12.5 Å². The number of hydrogen-bond acceptors (Lipinski definition) is 3. The van der Waals surface area contributed by atoms with Gasteiger partial charge in [0.1, 0.15) is 0 Å². The van der Waals surface area contributed by atoms with Crippen LogP contribution in [0.5, 0.6) is 0 Å². The number of nitrogens with zero attached hydrogens (tertiary/aromatic N) is 2. The van der Waals surface area contributed by atoms with Gasteiger partial charge in [0.2, 0.25) is 0 Å². The van der Waals surface area contributed by atoms with Crippen LogP contribution in [-0.4, -0.2) is 48.9 Å². The zero-order valence-electron chi connectivity index (χ0n) is 13.0. The zero-order valence-corrected chi connectivity index (χ0v) is 13.0. The quantitative estimate of drug-likeness (QED) is 0.913. The Balaban J connectivity index is 1.84. The molecule has 3 rings (SSSR count). The summed E-state index contributed by atoms with van der Waals surface area (Å²) in [6.07, 6.45) is 2.57. The molecule has 2 heterocycles. The van der Waals surface area contributed by atoms with Gasteiger partial charge in [-0.25, -0.2) is 0 Å². The summed E-state index contributed by atoms with van der Waals surface area (Å²) in [6.45, 7) is 7.88. The van der Waals surface area contributed by atoms with E-state index in [2.05, 4.69) is 59.2 Å². The molecular weight excluding hydrogens is 262 g/mol. The molecule has 21 heavy (non-hydrogen) atoms. The first-order valence-corrected chi connectivity index (χ1v) is 7.85. The minimum absolute atomic E-state index is 0.284. The third-order valence-electron chi connectivity index (χ3n) is 4.18. The van der Waals surface area contributed by atoms with Gasteiger partial charge < -0.3 is 19.5 Å². The summed E-state index contributed by atoms with van der Waals surface area (Å²) in [5.41, 5.74) is 2.68. The average molecular weight is 287 g/mol. The standard InChI is InChI=1S/C17H25N3O/c1-3-18-10-14-11-20(17-7-5-4-6-16(14)17)13-15-12-19(2)8-9-21-15/h4-7,11,15,18H,3,8-10,12-13H2,1-2H3. The molecule has 1 fully saturated rings. The smallest absolute Gasteiger partial charge is 0.0881 e. The second-order valence-corrected chi connectivity index (χ2v) is 5.86. The van der Waals surface area contributed by atoms with E-state index < -0.39 is 0 Å². The highest BCUT2D eigenvalue weighted by Crippen LogP contribution is 2.22. The lowest BCUT2D eigenvalue weighted by Gasteiger charge is -2.30. The van der Waals surface area contributed by atoms with Gasteiger partial charge in [0, 0.05) is 36.7 Å². The van der Waals surface area contributed by atoms with Gasteiger partial charge in [-0.2, -0.15) is 0 Å². The summed E-state index contributed by atoms with van der Waals surface area (Å²) in [5.74, 6) is 0. The third kappa shape index (κ3) is 3.28. The minimum Gasteiger partial charge on any atom is -0.374 e. The van der Waals surface area contributed by atoms with Crippen molar-refractivity contribution >= 4 is 10.9 Å². The van der Waals surface area contributed by atoms with Gasteiger partial charge in [-0.15, -0.1) is 0 Å². The first-order chi connectivity index (χ1) is 10.3. The Morgan fingerprint density at radius 2 is 2.19 bits per heavy atom. The third-order valence-corrected chi connectivity index (χ3v) is 4.18. The van der Waals surface area contributed by atoms with Gasteiger partial charge in [-0.05, 0) is 25.2 Å². The normalized spacial score (nSPS) is 20.2. The summed E-state index contributed by atoms with van der Waals surface area (Å²) in [6, 6.07) is 8.65. The van der Waals surface area contributed by atoms with Crippen molar-refractivity contribution in [1.82, 2.24) is 14.8 Å². The summed E-state index contributed by atoms with van der Waals surface area (Å²) in [4.78, 5) is 2.35. The van der Waals surface area contributed by atoms with Crippen LogP contribution >= 0.6 is 0 Å². The largest absolute Gasteiger partial charge is 0.374 e. The number of likely N-dealkylation sites (N-methyl/N-ethyl adjacent to an activating group) is 1. The molecule has 1 aromatic carbocycles. The van der Waals surface area contributed by atoms with E-state index in [4.69, 9.17) is 4.74 Å². The fourth-order valence-corrected chi connectivity index (χ4v) is 3.07. The minimum atomic E-state index is 0.284. The monoisotopic (exact) mass is 287 g/mol. The van der Waals surface area contributed by atoms with Gasteiger partial charge >= 0.3 is 0 Å². The van der Waals surface area contributed by atoms with E-state index in [9.17, 15) is 0 Å². The Kier molecular flexibility index (Phi) is 4.58. The molecule has 0 saturated carbocycles. The van der Waals surface area contributed by atoms with Crippen molar-refractivity contribution in [3.8, 4) is 0 Å². The van der Waals surface area contributed by atoms with Crippen molar-refractivity contribution in [1.29, 1.82) is 0 Å². The molecule has 1 aliphatic rings. The molecule has 114 valence electrons. The number of fused-ring (bicyclic) bond motifs is 1. The predicted octanol–water partition coefficient (Wildman–Crippen LogP) is 2.08. The number of ether oxygens (including phenoxy) is 1. The van der Waals surface area contributed by atoms with Gasteiger partial charge in [0.25, 0.3) is 0 Å². The van der Waals surface area contributed by atoms with Crippen molar-refractivity contribution in [3.63, 3.8) is 0 Å². The van der Waals surface area contributed by atoms with Crippen LogP contribution in [-0.2, 0) is 17.8 Å². The van der Waals surface area contributed by atoms with E-state index in [1.807, 2.05) is 0 Å². The van der Waals surface area contributed by atoms with Gasteiger partial charge in [-0.3, -0.25) is 0 Å². The van der Waals surface area contributed by atoms with Crippen molar-refractivity contribution in [3.05, 3.63) is 36.0 Å². The van der Waals surface area contributed by atoms with Crippen LogP contribution in [0.3, 0.4) is 0 Å². The van der Waals surface area contributed by atoms with Crippen LogP contribution in [0.25, 0.3) is 10.9 Å². The lowest BCUT2D eigenvalue weighted by atomic mass is 10.2. The Bertz CT molecular complexity index is 593. The fraction of sp³-hybridized carbons (Fsp3) is 0.529. The fourth-order valence-electron chi connectivity index (χ4n) is 3.07. The van der Waals surface area contributed by atoms with Crippen LogP contribution < -0.4 is 5.32 Å². The van der Waals surface area contributed by atoms with E-state index in [0.29, 0.717) is 0 Å². The second kappa shape index (κ2) is 6.60. The molecule has 4 heteroatoms. The van der Waals surface area contributed by atoms with Crippen molar-refractivity contribution in [2.45, 2.75) is 26.1 Å². The van der Waals surface area contributed by atoms with Crippen LogP contribution in [0.15, 0.2) is 30.5 Å². The van der Waals surface area contributed by atoms with E-state index >= 15 is 0 Å². The molecule has 0 aliphatic carbocycles. The molecule has 1 aliphatic heterocycles. The Morgan fingerprint density at radius 3 is 3.00 bits per heavy atom. The summed E-state index contributed by atoms with van der Waals surface area (Å²) < 4.78 is 8.27. The highest BCUT2D eigenvalue weighted by Gasteiger charge is 2.19. The molecule has 0 bridgehead atoms. The predicted molar refractivity (Wildman–Crippen MR) is 86.6 cm³/mol. The lowest BCUT2D eigenvalue weighted by molar-refractivity contribution is -0.0269. The Hall–Kier alpha value is -1.36. The summed E-state index contributed by atoms with van der Waals surface area (Å²) >= 11 is 0. The zero-order chi connectivity index (χ0) is 14.7. The maximum Gasteiger partial charge on any atom is 0.0881 e. The Morgan fingerprint density at radius 1 is 1.33 bits per heavy atom. The lowest BCUT2D eigenvalue weighted by Crippen LogP contribution is -2.41. The van der Waals surface area contributed by atoms with Crippen LogP contribution in [0, 0.1) is 0 Å². The number of para-hydroxylation sites is 1. The maximum absolute atomic E-state index is 5.91. The first-order valence-electron chi connectivity index (χ1n) is 7.85. The summed E-state index contributed by atoms with van der Waals surface area (Å²) in [5, 5.41) is 4.78. The number of aromatic nitrogens is 1. The number of benzene rings is 1. The van der Waals surface area contributed by atoms with Crippen molar-refractivity contribution in [2.24, 2.45) is 0 Å².